The van der Waals surface area contributed by atoms with Gasteiger partial charge in [-0.3, -0.25) is 4.79 Å². The summed E-state index contributed by atoms with van der Waals surface area (Å²) in [6, 6.07) is 7.15. The summed E-state index contributed by atoms with van der Waals surface area (Å²) < 4.78 is 15.5. The van der Waals surface area contributed by atoms with Crippen molar-refractivity contribution in [1.82, 2.24) is 9.80 Å². The zero-order valence-electron chi connectivity index (χ0n) is 13.5. The van der Waals surface area contributed by atoms with Crippen LogP contribution in [0.2, 0.25) is 0 Å². The van der Waals surface area contributed by atoms with Gasteiger partial charge in [0, 0.05) is 26.2 Å². The summed E-state index contributed by atoms with van der Waals surface area (Å²) in [7, 11) is 1.35. The lowest BCUT2D eigenvalue weighted by Gasteiger charge is -2.33. The second kappa shape index (κ2) is 8.26. The molecule has 1 heterocycles. The van der Waals surface area contributed by atoms with Crippen LogP contribution in [0.3, 0.4) is 0 Å². The smallest absolute Gasteiger partial charge is 0.409 e. The molecule has 7 nitrogen and oxygen atoms in total. The maximum absolute atomic E-state index is 12.1. The number of carbonyl (C=O) groups excluding carboxylic acids is 2. The standard InChI is InChI=1S/C16H22N2O5/c1-3-22-13-4-6-14(7-5-13)23-12-15(19)17-8-10-18(11-9-17)16(20)21-2/h4-7H,3,8-12H2,1-2H3. The van der Waals surface area contributed by atoms with E-state index in [-0.39, 0.29) is 18.6 Å². The second-order valence-corrected chi connectivity index (χ2v) is 5.03. The number of hydrogen-bond donors (Lipinski definition) is 0. The molecule has 1 fully saturated rings. The van der Waals surface area contributed by atoms with E-state index in [0.29, 0.717) is 38.5 Å². The lowest BCUT2D eigenvalue weighted by molar-refractivity contribution is -0.134. The molecule has 7 heteroatoms. The van der Waals surface area contributed by atoms with Gasteiger partial charge in [-0.2, -0.15) is 0 Å². The Morgan fingerprint density at radius 1 is 0.957 bits per heavy atom. The van der Waals surface area contributed by atoms with Crippen LogP contribution >= 0.6 is 0 Å². The Hall–Kier alpha value is -2.44. The fourth-order valence-electron chi connectivity index (χ4n) is 2.30. The Morgan fingerprint density at radius 3 is 2.00 bits per heavy atom. The van der Waals surface area contributed by atoms with Crippen LogP contribution in [0.1, 0.15) is 6.92 Å². The predicted molar refractivity (Wildman–Crippen MR) is 83.7 cm³/mol. The van der Waals surface area contributed by atoms with Gasteiger partial charge in [0.2, 0.25) is 0 Å². The summed E-state index contributed by atoms with van der Waals surface area (Å²) in [5.74, 6) is 1.29. The van der Waals surface area contributed by atoms with Gasteiger partial charge >= 0.3 is 6.09 Å². The molecule has 0 unspecified atom stereocenters. The van der Waals surface area contributed by atoms with Gasteiger partial charge in [0.1, 0.15) is 11.5 Å². The Labute approximate surface area is 135 Å². The molecule has 0 aliphatic carbocycles. The molecule has 0 atom stereocenters. The molecule has 23 heavy (non-hydrogen) atoms. The van der Waals surface area contributed by atoms with Crippen molar-refractivity contribution in [2.24, 2.45) is 0 Å². The number of carbonyl (C=O) groups is 2. The Kier molecular flexibility index (Phi) is 6.08. The lowest BCUT2D eigenvalue weighted by atomic mass is 10.3. The third-order valence-electron chi connectivity index (χ3n) is 3.56. The molecular formula is C16H22N2O5. The first-order valence-electron chi connectivity index (χ1n) is 7.60. The van der Waals surface area contributed by atoms with Gasteiger partial charge < -0.3 is 24.0 Å². The van der Waals surface area contributed by atoms with E-state index in [9.17, 15) is 9.59 Å². The zero-order chi connectivity index (χ0) is 16.7. The number of benzene rings is 1. The van der Waals surface area contributed by atoms with Crippen LogP contribution < -0.4 is 9.47 Å². The van der Waals surface area contributed by atoms with Crippen molar-refractivity contribution in [2.75, 3.05) is 46.5 Å². The van der Waals surface area contributed by atoms with Crippen LogP contribution in [-0.2, 0) is 9.53 Å². The van der Waals surface area contributed by atoms with Crippen LogP contribution in [0, 0.1) is 0 Å². The monoisotopic (exact) mass is 322 g/mol. The van der Waals surface area contributed by atoms with Crippen LogP contribution in [0.15, 0.2) is 24.3 Å². The lowest BCUT2D eigenvalue weighted by Crippen LogP contribution is -2.51. The van der Waals surface area contributed by atoms with Crippen molar-refractivity contribution in [2.45, 2.75) is 6.92 Å². The summed E-state index contributed by atoms with van der Waals surface area (Å²) in [5, 5.41) is 0. The Balaban J connectivity index is 1.76. The average Bonchev–Trinajstić information content (AvgIpc) is 2.60. The summed E-state index contributed by atoms with van der Waals surface area (Å²) in [4.78, 5) is 26.8. The second-order valence-electron chi connectivity index (χ2n) is 5.03. The number of amides is 2. The summed E-state index contributed by atoms with van der Waals surface area (Å²) >= 11 is 0. The van der Waals surface area contributed by atoms with Gasteiger partial charge in [-0.25, -0.2) is 4.79 Å². The largest absolute Gasteiger partial charge is 0.494 e. The molecule has 2 rings (SSSR count). The van der Waals surface area contributed by atoms with E-state index in [0.717, 1.165) is 5.75 Å². The molecule has 1 saturated heterocycles. The molecule has 0 radical (unpaired) electrons. The van der Waals surface area contributed by atoms with Gasteiger partial charge in [0.25, 0.3) is 5.91 Å². The van der Waals surface area contributed by atoms with Gasteiger partial charge in [-0.05, 0) is 31.2 Å². The van der Waals surface area contributed by atoms with Crippen LogP contribution in [0.5, 0.6) is 11.5 Å². The van der Waals surface area contributed by atoms with E-state index in [2.05, 4.69) is 4.74 Å². The molecule has 1 aliphatic rings. The van der Waals surface area contributed by atoms with E-state index >= 15 is 0 Å². The Morgan fingerprint density at radius 2 is 1.48 bits per heavy atom. The number of rotatable bonds is 5. The first kappa shape index (κ1) is 16.9. The molecule has 126 valence electrons. The molecule has 0 N–H and O–H groups in total. The first-order valence-corrected chi connectivity index (χ1v) is 7.60. The molecule has 1 aromatic carbocycles. The zero-order valence-corrected chi connectivity index (χ0v) is 13.5. The first-order chi connectivity index (χ1) is 11.1. The molecular weight excluding hydrogens is 300 g/mol. The molecule has 2 amide bonds. The van der Waals surface area contributed by atoms with Crippen molar-refractivity contribution in [3.8, 4) is 11.5 Å². The highest BCUT2D eigenvalue weighted by Crippen LogP contribution is 2.17. The van der Waals surface area contributed by atoms with Crippen molar-refractivity contribution in [1.29, 1.82) is 0 Å². The van der Waals surface area contributed by atoms with E-state index < -0.39 is 0 Å². The van der Waals surface area contributed by atoms with Crippen molar-refractivity contribution < 1.29 is 23.8 Å². The summed E-state index contributed by atoms with van der Waals surface area (Å²) in [5.41, 5.74) is 0. The van der Waals surface area contributed by atoms with E-state index in [1.165, 1.54) is 7.11 Å². The third kappa shape index (κ3) is 4.77. The van der Waals surface area contributed by atoms with Crippen LogP contribution in [0.25, 0.3) is 0 Å². The minimum Gasteiger partial charge on any atom is -0.494 e. The summed E-state index contributed by atoms with van der Waals surface area (Å²) in [6.45, 7) is 4.43. The molecule has 1 aromatic rings. The molecule has 0 spiro atoms. The highest BCUT2D eigenvalue weighted by molar-refractivity contribution is 5.78. The summed E-state index contributed by atoms with van der Waals surface area (Å²) in [6.07, 6.45) is -0.359. The van der Waals surface area contributed by atoms with Crippen LogP contribution in [0.4, 0.5) is 4.79 Å². The predicted octanol–water partition coefficient (Wildman–Crippen LogP) is 1.37. The number of piperazine rings is 1. The number of nitrogens with zero attached hydrogens (tertiary/aromatic N) is 2. The van der Waals surface area contributed by atoms with Crippen molar-refractivity contribution in [3.63, 3.8) is 0 Å². The quantitative estimate of drug-likeness (QED) is 0.819. The fourth-order valence-corrected chi connectivity index (χ4v) is 2.30. The number of ether oxygens (including phenoxy) is 3. The van der Waals surface area contributed by atoms with E-state index in [1.807, 2.05) is 6.92 Å². The highest BCUT2D eigenvalue weighted by atomic mass is 16.5. The third-order valence-corrected chi connectivity index (χ3v) is 3.56. The minimum atomic E-state index is -0.359. The van der Waals surface area contributed by atoms with Gasteiger partial charge in [-0.15, -0.1) is 0 Å². The van der Waals surface area contributed by atoms with Crippen molar-refractivity contribution >= 4 is 12.0 Å². The minimum absolute atomic E-state index is 0.0216. The van der Waals surface area contributed by atoms with Gasteiger partial charge in [-0.1, -0.05) is 0 Å². The maximum Gasteiger partial charge on any atom is 0.409 e. The van der Waals surface area contributed by atoms with Gasteiger partial charge in [0.15, 0.2) is 6.61 Å². The Bertz CT molecular complexity index is 524. The maximum atomic E-state index is 12.1. The highest BCUT2D eigenvalue weighted by Gasteiger charge is 2.24. The van der Waals surface area contributed by atoms with Crippen molar-refractivity contribution in [3.05, 3.63) is 24.3 Å². The average molecular weight is 322 g/mol. The fraction of sp³-hybridized carbons (Fsp3) is 0.500. The van der Waals surface area contributed by atoms with Gasteiger partial charge in [0.05, 0.1) is 13.7 Å². The normalized spacial score (nSPS) is 14.3. The van der Waals surface area contributed by atoms with E-state index in [1.54, 1.807) is 34.1 Å². The molecule has 0 bridgehead atoms. The topological polar surface area (TPSA) is 68.3 Å². The number of methoxy groups -OCH3 is 1. The molecule has 0 saturated carbocycles. The molecule has 0 aromatic heterocycles. The molecule has 1 aliphatic heterocycles. The SMILES string of the molecule is CCOc1ccc(OCC(=O)N2CCN(C(=O)OC)CC2)cc1. The number of hydrogen-bond acceptors (Lipinski definition) is 5. The van der Waals surface area contributed by atoms with E-state index in [4.69, 9.17) is 9.47 Å². The van der Waals surface area contributed by atoms with Crippen LogP contribution in [-0.4, -0.2) is 68.3 Å².